The third-order valence-corrected chi connectivity index (χ3v) is 2.84. The lowest BCUT2D eigenvalue weighted by atomic mass is 10.1. The maximum atomic E-state index is 6.09. The number of hydrogen-bond donors (Lipinski definition) is 0. The van der Waals surface area contributed by atoms with Crippen LogP contribution >= 0.6 is 23.2 Å². The zero-order valence-corrected chi connectivity index (χ0v) is 10.2. The summed E-state index contributed by atoms with van der Waals surface area (Å²) >= 11 is 11.9. The number of hydroxylamine groups is 2. The normalized spacial score (nSPS) is 20.7. The Balaban J connectivity index is 2.23. The van der Waals surface area contributed by atoms with Crippen LogP contribution in [0.25, 0.3) is 0 Å². The summed E-state index contributed by atoms with van der Waals surface area (Å²) in [5.41, 5.74) is 1.01. The number of nitrogens with zero attached hydrogens (tertiary/aromatic N) is 1. The standard InChI is InChI=1S/C11H11Cl2NO2/c1-15-7-14-11(10(13)6-16-14)8-2-4-9(12)5-3-8/h2-6,11H,7H2,1H3. The van der Waals surface area contributed by atoms with E-state index < -0.39 is 0 Å². The van der Waals surface area contributed by atoms with E-state index in [2.05, 4.69) is 0 Å². The molecule has 0 radical (unpaired) electrons. The van der Waals surface area contributed by atoms with Crippen molar-refractivity contribution in [3.05, 3.63) is 46.1 Å². The Morgan fingerprint density at radius 2 is 2.00 bits per heavy atom. The lowest BCUT2D eigenvalue weighted by Crippen LogP contribution is -2.25. The summed E-state index contributed by atoms with van der Waals surface area (Å²) in [4.78, 5) is 5.28. The highest BCUT2D eigenvalue weighted by Gasteiger charge is 2.30. The van der Waals surface area contributed by atoms with Crippen molar-refractivity contribution in [1.29, 1.82) is 0 Å². The van der Waals surface area contributed by atoms with Gasteiger partial charge in [0.05, 0.1) is 5.03 Å². The van der Waals surface area contributed by atoms with Gasteiger partial charge in [0.15, 0.2) is 0 Å². The molecule has 16 heavy (non-hydrogen) atoms. The van der Waals surface area contributed by atoms with Crippen LogP contribution < -0.4 is 0 Å². The summed E-state index contributed by atoms with van der Waals surface area (Å²) in [6.07, 6.45) is 1.51. The summed E-state index contributed by atoms with van der Waals surface area (Å²) < 4.78 is 5.03. The molecule has 1 aliphatic heterocycles. The van der Waals surface area contributed by atoms with Crippen molar-refractivity contribution in [3.63, 3.8) is 0 Å². The van der Waals surface area contributed by atoms with Gasteiger partial charge in [0, 0.05) is 12.1 Å². The molecule has 0 aliphatic carbocycles. The highest BCUT2D eigenvalue weighted by Crippen LogP contribution is 2.36. The minimum Gasteiger partial charge on any atom is -0.409 e. The molecule has 0 spiro atoms. The molecule has 0 N–H and O–H groups in total. The molecule has 5 heteroatoms. The number of rotatable bonds is 3. The molecule has 1 aromatic carbocycles. The van der Waals surface area contributed by atoms with E-state index in [1.165, 1.54) is 6.26 Å². The Morgan fingerprint density at radius 3 is 2.62 bits per heavy atom. The Labute approximate surface area is 104 Å². The van der Waals surface area contributed by atoms with Crippen LogP contribution in [-0.4, -0.2) is 18.9 Å². The minimum atomic E-state index is -0.126. The molecule has 0 aromatic heterocycles. The quantitative estimate of drug-likeness (QED) is 0.832. The second kappa shape index (κ2) is 5.06. The number of methoxy groups -OCH3 is 1. The van der Waals surface area contributed by atoms with Gasteiger partial charge in [-0.2, -0.15) is 0 Å². The molecule has 0 saturated heterocycles. The van der Waals surface area contributed by atoms with E-state index in [-0.39, 0.29) is 6.04 Å². The summed E-state index contributed by atoms with van der Waals surface area (Å²) in [6, 6.07) is 7.36. The van der Waals surface area contributed by atoms with Gasteiger partial charge in [-0.15, -0.1) is 5.06 Å². The fourth-order valence-corrected chi connectivity index (χ4v) is 1.98. The predicted molar refractivity (Wildman–Crippen MR) is 62.9 cm³/mol. The molecule has 1 atom stereocenters. The van der Waals surface area contributed by atoms with E-state index in [0.717, 1.165) is 5.56 Å². The first-order valence-electron chi connectivity index (χ1n) is 4.75. The van der Waals surface area contributed by atoms with Gasteiger partial charge in [0.1, 0.15) is 19.0 Å². The molecular weight excluding hydrogens is 249 g/mol. The van der Waals surface area contributed by atoms with Crippen LogP contribution in [0.2, 0.25) is 5.02 Å². The first-order chi connectivity index (χ1) is 7.72. The first kappa shape index (κ1) is 11.7. The van der Waals surface area contributed by atoms with Crippen molar-refractivity contribution in [3.8, 4) is 0 Å². The SMILES string of the molecule is COCN1OC=C(Cl)C1c1ccc(Cl)cc1. The number of benzene rings is 1. The van der Waals surface area contributed by atoms with Gasteiger partial charge in [0.2, 0.25) is 0 Å². The maximum Gasteiger partial charge on any atom is 0.133 e. The van der Waals surface area contributed by atoms with Crippen LogP contribution in [-0.2, 0) is 9.57 Å². The Kier molecular flexibility index (Phi) is 3.71. The Morgan fingerprint density at radius 1 is 1.31 bits per heavy atom. The summed E-state index contributed by atoms with van der Waals surface area (Å²) in [5.74, 6) is 0. The number of ether oxygens (including phenoxy) is 1. The van der Waals surface area contributed by atoms with Crippen LogP contribution in [0.1, 0.15) is 11.6 Å². The van der Waals surface area contributed by atoms with Gasteiger partial charge in [0.25, 0.3) is 0 Å². The van der Waals surface area contributed by atoms with Gasteiger partial charge in [-0.1, -0.05) is 35.3 Å². The fourth-order valence-electron chi connectivity index (χ4n) is 1.58. The molecular formula is C11H11Cl2NO2. The molecule has 3 nitrogen and oxygen atoms in total. The van der Waals surface area contributed by atoms with Crippen LogP contribution in [0.15, 0.2) is 35.6 Å². The molecule has 1 heterocycles. The maximum absolute atomic E-state index is 6.09. The third-order valence-electron chi connectivity index (χ3n) is 2.29. The zero-order chi connectivity index (χ0) is 11.5. The highest BCUT2D eigenvalue weighted by molar-refractivity contribution is 6.31. The van der Waals surface area contributed by atoms with Crippen molar-refractivity contribution in [2.75, 3.05) is 13.8 Å². The van der Waals surface area contributed by atoms with E-state index >= 15 is 0 Å². The lowest BCUT2D eigenvalue weighted by molar-refractivity contribution is -0.162. The van der Waals surface area contributed by atoms with Crippen LogP contribution in [0.3, 0.4) is 0 Å². The van der Waals surface area contributed by atoms with Gasteiger partial charge in [-0.05, 0) is 17.7 Å². The van der Waals surface area contributed by atoms with E-state index in [9.17, 15) is 0 Å². The predicted octanol–water partition coefficient (Wildman–Crippen LogP) is 3.31. The van der Waals surface area contributed by atoms with Crippen molar-refractivity contribution < 1.29 is 9.57 Å². The summed E-state index contributed by atoms with van der Waals surface area (Å²) in [6.45, 7) is 0.347. The monoisotopic (exact) mass is 259 g/mol. The molecule has 1 unspecified atom stereocenters. The van der Waals surface area contributed by atoms with E-state index in [1.807, 2.05) is 24.3 Å². The van der Waals surface area contributed by atoms with Gasteiger partial charge < -0.3 is 9.57 Å². The zero-order valence-electron chi connectivity index (χ0n) is 8.69. The number of halogens is 2. The molecule has 0 fully saturated rings. The number of hydrogen-bond acceptors (Lipinski definition) is 3. The molecule has 0 amide bonds. The molecule has 1 aromatic rings. The minimum absolute atomic E-state index is 0.126. The van der Waals surface area contributed by atoms with Crippen molar-refractivity contribution in [1.82, 2.24) is 5.06 Å². The summed E-state index contributed by atoms with van der Waals surface area (Å²) in [5, 5.41) is 2.98. The second-order valence-corrected chi connectivity index (χ2v) is 4.27. The van der Waals surface area contributed by atoms with Crippen LogP contribution in [0, 0.1) is 0 Å². The summed E-state index contributed by atoms with van der Waals surface area (Å²) in [7, 11) is 1.61. The van der Waals surface area contributed by atoms with Gasteiger partial charge >= 0.3 is 0 Å². The molecule has 0 bridgehead atoms. The van der Waals surface area contributed by atoms with E-state index in [1.54, 1.807) is 12.2 Å². The van der Waals surface area contributed by atoms with E-state index in [4.69, 9.17) is 32.8 Å². The average Bonchev–Trinajstić information content (AvgIpc) is 2.62. The van der Waals surface area contributed by atoms with Gasteiger partial charge in [-0.25, -0.2) is 0 Å². The second-order valence-electron chi connectivity index (χ2n) is 3.40. The smallest absolute Gasteiger partial charge is 0.133 e. The van der Waals surface area contributed by atoms with Crippen LogP contribution in [0.4, 0.5) is 0 Å². The Bertz CT molecular complexity index is 391. The van der Waals surface area contributed by atoms with Gasteiger partial charge in [-0.3, -0.25) is 0 Å². The molecule has 86 valence electrons. The Hall–Kier alpha value is -0.740. The van der Waals surface area contributed by atoms with Crippen molar-refractivity contribution in [2.24, 2.45) is 0 Å². The third kappa shape index (κ3) is 2.33. The molecule has 1 aliphatic rings. The van der Waals surface area contributed by atoms with Crippen molar-refractivity contribution in [2.45, 2.75) is 6.04 Å². The average molecular weight is 260 g/mol. The first-order valence-corrected chi connectivity index (χ1v) is 5.51. The molecule has 0 saturated carbocycles. The topological polar surface area (TPSA) is 21.7 Å². The fraction of sp³-hybridized carbons (Fsp3) is 0.273. The molecule has 2 rings (SSSR count). The highest BCUT2D eigenvalue weighted by atomic mass is 35.5. The van der Waals surface area contributed by atoms with E-state index in [0.29, 0.717) is 16.8 Å². The largest absolute Gasteiger partial charge is 0.409 e. The van der Waals surface area contributed by atoms with Crippen molar-refractivity contribution >= 4 is 23.2 Å². The van der Waals surface area contributed by atoms with Crippen LogP contribution in [0.5, 0.6) is 0 Å². The lowest BCUT2D eigenvalue weighted by Gasteiger charge is -2.22.